The van der Waals surface area contributed by atoms with Gasteiger partial charge in [0.25, 0.3) is 0 Å². The van der Waals surface area contributed by atoms with Crippen LogP contribution in [0.15, 0.2) is 25.0 Å². The number of hydrogen-bond donors (Lipinski definition) is 1. The quantitative estimate of drug-likeness (QED) is 0.538. The first-order valence-corrected chi connectivity index (χ1v) is 5.27. The maximum absolute atomic E-state index is 4.33. The molecule has 0 unspecified atom stereocenters. The van der Waals surface area contributed by atoms with Crippen molar-refractivity contribution in [3.05, 3.63) is 25.0 Å². The molecule has 1 aromatic heterocycles. The number of allylic oxidation sites excluding steroid dienone is 1. The molecule has 0 bridgehead atoms. The Balaban J connectivity index is 2.52. The van der Waals surface area contributed by atoms with Crippen LogP contribution in [0.3, 0.4) is 0 Å². The van der Waals surface area contributed by atoms with Crippen molar-refractivity contribution in [2.24, 2.45) is 0 Å². The highest BCUT2D eigenvalue weighted by molar-refractivity contribution is 5.29. The minimum atomic E-state index is 0.811. The maximum atomic E-state index is 4.33. The van der Waals surface area contributed by atoms with Crippen LogP contribution in [-0.4, -0.2) is 36.7 Å². The van der Waals surface area contributed by atoms with Gasteiger partial charge in [0.05, 0.1) is 0 Å². The van der Waals surface area contributed by atoms with E-state index >= 15 is 0 Å². The van der Waals surface area contributed by atoms with Gasteiger partial charge in [-0.25, -0.2) is 4.98 Å². The largest absolute Gasteiger partial charge is 0.345 e. The van der Waals surface area contributed by atoms with Crippen LogP contribution < -0.4 is 10.2 Å². The lowest BCUT2D eigenvalue weighted by Crippen LogP contribution is -2.25. The first-order chi connectivity index (χ1) is 7.29. The van der Waals surface area contributed by atoms with Gasteiger partial charge in [-0.3, -0.25) is 0 Å². The molecule has 0 spiro atoms. The number of rotatable bonds is 7. The fourth-order valence-electron chi connectivity index (χ4n) is 1.51. The molecular formula is C11H20N4. The summed E-state index contributed by atoms with van der Waals surface area (Å²) in [6.07, 6.45) is 6.81. The van der Waals surface area contributed by atoms with Crippen molar-refractivity contribution in [2.75, 3.05) is 32.1 Å². The lowest BCUT2D eigenvalue weighted by molar-refractivity contribution is 0.688. The molecule has 84 valence electrons. The molecule has 15 heavy (non-hydrogen) atoms. The van der Waals surface area contributed by atoms with Gasteiger partial charge in [-0.15, -0.1) is 6.58 Å². The van der Waals surface area contributed by atoms with E-state index in [-0.39, 0.29) is 0 Å². The van der Waals surface area contributed by atoms with Crippen molar-refractivity contribution in [1.29, 1.82) is 0 Å². The molecule has 4 nitrogen and oxygen atoms in total. The molecule has 0 saturated heterocycles. The van der Waals surface area contributed by atoms with Gasteiger partial charge in [0.2, 0.25) is 5.95 Å². The SMILES string of the molecule is C=CCn1ccnc1N(C)CCCNC. The molecule has 0 aliphatic rings. The summed E-state index contributed by atoms with van der Waals surface area (Å²) < 4.78 is 2.09. The molecule has 1 N–H and O–H groups in total. The molecule has 0 fully saturated rings. The number of nitrogens with one attached hydrogen (secondary N) is 1. The van der Waals surface area contributed by atoms with Gasteiger partial charge in [0.1, 0.15) is 0 Å². The lowest BCUT2D eigenvalue weighted by atomic mass is 10.4. The van der Waals surface area contributed by atoms with Gasteiger partial charge in [0, 0.05) is 32.5 Å². The van der Waals surface area contributed by atoms with E-state index in [0.29, 0.717) is 0 Å². The van der Waals surface area contributed by atoms with Crippen LogP contribution in [0.25, 0.3) is 0 Å². The second kappa shape index (κ2) is 6.24. The second-order valence-corrected chi connectivity index (χ2v) is 3.55. The van der Waals surface area contributed by atoms with Crippen molar-refractivity contribution in [2.45, 2.75) is 13.0 Å². The van der Waals surface area contributed by atoms with Gasteiger partial charge < -0.3 is 14.8 Å². The van der Waals surface area contributed by atoms with Crippen LogP contribution >= 0.6 is 0 Å². The van der Waals surface area contributed by atoms with E-state index < -0.39 is 0 Å². The monoisotopic (exact) mass is 208 g/mol. The summed E-state index contributed by atoms with van der Waals surface area (Å²) in [6.45, 7) is 6.59. The molecule has 1 aromatic rings. The van der Waals surface area contributed by atoms with E-state index in [2.05, 4.69) is 33.4 Å². The molecular weight excluding hydrogens is 188 g/mol. The number of nitrogens with zero attached hydrogens (tertiary/aromatic N) is 3. The third kappa shape index (κ3) is 3.40. The Kier molecular flexibility index (Phi) is 4.90. The third-order valence-electron chi connectivity index (χ3n) is 2.28. The van der Waals surface area contributed by atoms with E-state index in [4.69, 9.17) is 0 Å². The normalized spacial score (nSPS) is 10.3. The smallest absolute Gasteiger partial charge is 0.205 e. The van der Waals surface area contributed by atoms with E-state index in [1.54, 1.807) is 0 Å². The number of anilines is 1. The van der Waals surface area contributed by atoms with Gasteiger partial charge in [-0.1, -0.05) is 6.08 Å². The lowest BCUT2D eigenvalue weighted by Gasteiger charge is -2.18. The van der Waals surface area contributed by atoms with Crippen LogP contribution in [0.5, 0.6) is 0 Å². The molecule has 0 saturated carbocycles. The van der Waals surface area contributed by atoms with Crippen molar-refractivity contribution in [3.8, 4) is 0 Å². The Morgan fingerprint density at radius 2 is 2.47 bits per heavy atom. The zero-order valence-corrected chi connectivity index (χ0v) is 9.61. The molecule has 4 heteroatoms. The first-order valence-electron chi connectivity index (χ1n) is 5.27. The molecule has 0 aliphatic carbocycles. The second-order valence-electron chi connectivity index (χ2n) is 3.55. The van der Waals surface area contributed by atoms with Crippen molar-refractivity contribution >= 4 is 5.95 Å². The highest BCUT2D eigenvalue weighted by Crippen LogP contribution is 2.09. The van der Waals surface area contributed by atoms with Crippen molar-refractivity contribution in [1.82, 2.24) is 14.9 Å². The van der Waals surface area contributed by atoms with Crippen molar-refractivity contribution < 1.29 is 0 Å². The third-order valence-corrected chi connectivity index (χ3v) is 2.28. The summed E-state index contributed by atoms with van der Waals surface area (Å²) in [4.78, 5) is 6.50. The zero-order chi connectivity index (χ0) is 11.1. The fraction of sp³-hybridized carbons (Fsp3) is 0.545. The molecule has 0 radical (unpaired) electrons. The average molecular weight is 208 g/mol. The summed E-state index contributed by atoms with van der Waals surface area (Å²) in [5.41, 5.74) is 0. The number of hydrogen-bond acceptors (Lipinski definition) is 3. The van der Waals surface area contributed by atoms with Gasteiger partial charge in [-0.05, 0) is 20.0 Å². The molecule has 0 aliphatic heterocycles. The summed E-state index contributed by atoms with van der Waals surface area (Å²) in [5, 5.41) is 3.14. The molecule has 1 heterocycles. The standard InChI is InChI=1S/C11H20N4/c1-4-8-15-10-7-13-11(15)14(3)9-5-6-12-2/h4,7,10,12H,1,5-6,8-9H2,2-3H3. The van der Waals surface area contributed by atoms with Crippen LogP contribution in [0.1, 0.15) is 6.42 Å². The van der Waals surface area contributed by atoms with Crippen LogP contribution in [0, 0.1) is 0 Å². The summed E-state index contributed by atoms with van der Waals surface area (Å²) in [7, 11) is 4.04. The van der Waals surface area contributed by atoms with Crippen LogP contribution in [-0.2, 0) is 6.54 Å². The molecule has 0 aromatic carbocycles. The van der Waals surface area contributed by atoms with Gasteiger partial charge >= 0.3 is 0 Å². The molecule has 1 rings (SSSR count). The Morgan fingerprint density at radius 3 is 3.13 bits per heavy atom. The minimum Gasteiger partial charge on any atom is -0.345 e. The van der Waals surface area contributed by atoms with E-state index in [1.807, 2.05) is 25.5 Å². The predicted octanol–water partition coefficient (Wildman–Crippen LogP) is 1.11. The van der Waals surface area contributed by atoms with Gasteiger partial charge in [-0.2, -0.15) is 0 Å². The molecule has 0 atom stereocenters. The average Bonchev–Trinajstić information content (AvgIpc) is 2.67. The Labute approximate surface area is 91.6 Å². The number of imidazole rings is 1. The Bertz CT molecular complexity index is 293. The van der Waals surface area contributed by atoms with Crippen LogP contribution in [0.2, 0.25) is 0 Å². The molecule has 0 amide bonds. The maximum Gasteiger partial charge on any atom is 0.205 e. The zero-order valence-electron chi connectivity index (χ0n) is 9.61. The van der Waals surface area contributed by atoms with Crippen LogP contribution in [0.4, 0.5) is 5.95 Å². The summed E-state index contributed by atoms with van der Waals surface area (Å²) in [5.74, 6) is 1.01. The van der Waals surface area contributed by atoms with E-state index in [0.717, 1.165) is 32.0 Å². The fourth-order valence-corrected chi connectivity index (χ4v) is 1.51. The van der Waals surface area contributed by atoms with Gasteiger partial charge in [0.15, 0.2) is 0 Å². The Morgan fingerprint density at radius 1 is 1.67 bits per heavy atom. The Hall–Kier alpha value is -1.29. The highest BCUT2D eigenvalue weighted by atomic mass is 15.3. The first kappa shape index (κ1) is 11.8. The van der Waals surface area contributed by atoms with E-state index in [1.165, 1.54) is 0 Å². The number of aromatic nitrogens is 2. The van der Waals surface area contributed by atoms with Crippen molar-refractivity contribution in [3.63, 3.8) is 0 Å². The predicted molar refractivity (Wildman–Crippen MR) is 64.2 cm³/mol. The summed E-state index contributed by atoms with van der Waals surface area (Å²) in [6, 6.07) is 0. The summed E-state index contributed by atoms with van der Waals surface area (Å²) >= 11 is 0. The topological polar surface area (TPSA) is 33.1 Å². The minimum absolute atomic E-state index is 0.811. The van der Waals surface area contributed by atoms with E-state index in [9.17, 15) is 0 Å². The highest BCUT2D eigenvalue weighted by Gasteiger charge is 2.06.